The highest BCUT2D eigenvalue weighted by Crippen LogP contribution is 2.19. The van der Waals surface area contributed by atoms with E-state index in [2.05, 4.69) is 10.5 Å². The molecule has 0 aliphatic rings. The van der Waals surface area contributed by atoms with Crippen molar-refractivity contribution in [3.8, 4) is 0 Å². The van der Waals surface area contributed by atoms with Gasteiger partial charge in [-0.1, -0.05) is 18.2 Å². The number of carbonyl (C=O) groups excluding carboxylic acids is 1. The minimum atomic E-state index is -0.619. The van der Waals surface area contributed by atoms with E-state index in [-0.39, 0.29) is 11.3 Å². The number of hydrogen-bond donors (Lipinski definition) is 1. The molecule has 7 heteroatoms. The lowest BCUT2D eigenvalue weighted by Gasteiger charge is -2.11. The Bertz CT molecular complexity index is 783. The molecule has 7 nitrogen and oxygen atoms in total. The molecule has 124 valence electrons. The Morgan fingerprint density at radius 3 is 2.46 bits per heavy atom. The van der Waals surface area contributed by atoms with Gasteiger partial charge in [0.1, 0.15) is 5.56 Å². The molecular formula is C17H18N4O3. The van der Waals surface area contributed by atoms with E-state index in [0.29, 0.717) is 0 Å². The number of amides is 1. The van der Waals surface area contributed by atoms with Crippen molar-refractivity contribution in [2.75, 3.05) is 19.0 Å². The van der Waals surface area contributed by atoms with E-state index in [1.165, 1.54) is 18.3 Å². The predicted octanol–water partition coefficient (Wildman–Crippen LogP) is 2.73. The Labute approximate surface area is 139 Å². The molecule has 0 spiro atoms. The first kappa shape index (κ1) is 17.1. The molecular weight excluding hydrogens is 308 g/mol. The van der Waals surface area contributed by atoms with Crippen molar-refractivity contribution in [2.45, 2.75) is 6.92 Å². The van der Waals surface area contributed by atoms with Crippen molar-refractivity contribution in [3.05, 3.63) is 69.3 Å². The molecule has 0 saturated heterocycles. The van der Waals surface area contributed by atoms with Crippen LogP contribution in [0.5, 0.6) is 0 Å². The second-order valence-corrected chi connectivity index (χ2v) is 5.46. The van der Waals surface area contributed by atoms with Gasteiger partial charge in [0.05, 0.1) is 11.1 Å². The van der Waals surface area contributed by atoms with Gasteiger partial charge in [0.25, 0.3) is 11.6 Å². The van der Waals surface area contributed by atoms with Crippen LogP contribution < -0.4 is 10.3 Å². The lowest BCUT2D eigenvalue weighted by atomic mass is 10.1. The van der Waals surface area contributed by atoms with E-state index in [0.717, 1.165) is 16.8 Å². The van der Waals surface area contributed by atoms with Gasteiger partial charge in [-0.2, -0.15) is 5.10 Å². The molecule has 0 saturated carbocycles. The molecule has 0 aromatic heterocycles. The van der Waals surface area contributed by atoms with Crippen LogP contribution >= 0.6 is 0 Å². The molecule has 0 fully saturated rings. The summed E-state index contributed by atoms with van der Waals surface area (Å²) in [4.78, 5) is 24.5. The molecule has 0 heterocycles. The van der Waals surface area contributed by atoms with E-state index < -0.39 is 10.8 Å². The summed E-state index contributed by atoms with van der Waals surface area (Å²) in [5.74, 6) is -0.619. The summed E-state index contributed by atoms with van der Waals surface area (Å²) in [6.07, 6.45) is 1.49. The van der Waals surface area contributed by atoms with Crippen molar-refractivity contribution in [1.29, 1.82) is 0 Å². The maximum Gasteiger partial charge on any atom is 0.282 e. The topological polar surface area (TPSA) is 87.8 Å². The maximum absolute atomic E-state index is 12.1. The molecule has 2 aromatic rings. The van der Waals surface area contributed by atoms with Crippen molar-refractivity contribution >= 4 is 23.5 Å². The molecule has 0 aliphatic carbocycles. The number of benzene rings is 2. The van der Waals surface area contributed by atoms with E-state index >= 15 is 0 Å². The molecule has 0 radical (unpaired) electrons. The third kappa shape index (κ3) is 4.16. The first-order valence-electron chi connectivity index (χ1n) is 7.24. The molecule has 0 unspecified atom stereocenters. The summed E-state index contributed by atoms with van der Waals surface area (Å²) >= 11 is 0. The maximum atomic E-state index is 12.1. The summed E-state index contributed by atoms with van der Waals surface area (Å²) < 4.78 is 0. The Balaban J connectivity index is 2.10. The lowest BCUT2D eigenvalue weighted by Crippen LogP contribution is -2.19. The summed E-state index contributed by atoms with van der Waals surface area (Å²) in [5, 5.41) is 14.9. The molecule has 0 atom stereocenters. The van der Waals surface area contributed by atoms with E-state index in [9.17, 15) is 14.9 Å². The van der Waals surface area contributed by atoms with Crippen LogP contribution in [0, 0.1) is 17.0 Å². The fourth-order valence-corrected chi connectivity index (χ4v) is 2.08. The normalized spacial score (nSPS) is 10.6. The van der Waals surface area contributed by atoms with Crippen molar-refractivity contribution in [2.24, 2.45) is 5.10 Å². The number of aryl methyl sites for hydroxylation is 1. The summed E-state index contributed by atoms with van der Waals surface area (Å²) in [7, 11) is 3.89. The number of hydrogen-bond acceptors (Lipinski definition) is 5. The van der Waals surface area contributed by atoms with Crippen LogP contribution in [0.4, 0.5) is 11.4 Å². The summed E-state index contributed by atoms with van der Waals surface area (Å²) in [6.45, 7) is 1.76. The number of anilines is 1. The van der Waals surface area contributed by atoms with Crippen LogP contribution in [0.3, 0.4) is 0 Å². The number of nitrogens with zero attached hydrogens (tertiary/aromatic N) is 3. The van der Waals surface area contributed by atoms with Crippen molar-refractivity contribution in [3.63, 3.8) is 0 Å². The fraction of sp³-hybridized carbons (Fsp3) is 0.176. The molecule has 2 aromatic carbocycles. The standard InChI is InChI=1S/C17H18N4O3/c1-12-4-9-16(21(23)24)15(10-12)17(22)19-18-11-13-5-7-14(8-6-13)20(2)3/h4-11H,1-3H3,(H,19,22)/b18-11-. The van der Waals surface area contributed by atoms with Gasteiger partial charge in [0.15, 0.2) is 0 Å². The lowest BCUT2D eigenvalue weighted by molar-refractivity contribution is -0.385. The first-order chi connectivity index (χ1) is 11.4. The third-order valence-corrected chi connectivity index (χ3v) is 3.38. The van der Waals surface area contributed by atoms with Gasteiger partial charge in [0.2, 0.25) is 0 Å². The number of hydrazone groups is 1. The SMILES string of the molecule is Cc1ccc([N+](=O)[O-])c(C(=O)N/N=C\c2ccc(N(C)C)cc2)c1. The van der Waals surface area contributed by atoms with Crippen LogP contribution in [-0.4, -0.2) is 31.1 Å². The third-order valence-electron chi connectivity index (χ3n) is 3.38. The second kappa shape index (κ2) is 7.36. The second-order valence-electron chi connectivity index (χ2n) is 5.46. The quantitative estimate of drug-likeness (QED) is 0.520. The Kier molecular flexibility index (Phi) is 5.26. The van der Waals surface area contributed by atoms with Crippen molar-refractivity contribution < 1.29 is 9.72 Å². The monoisotopic (exact) mass is 326 g/mol. The van der Waals surface area contributed by atoms with Crippen LogP contribution in [0.25, 0.3) is 0 Å². The minimum absolute atomic E-state index is 0.0138. The van der Waals surface area contributed by atoms with Gasteiger partial charge < -0.3 is 4.90 Å². The average molecular weight is 326 g/mol. The zero-order valence-electron chi connectivity index (χ0n) is 13.7. The smallest absolute Gasteiger partial charge is 0.282 e. The Morgan fingerprint density at radius 1 is 1.21 bits per heavy atom. The van der Waals surface area contributed by atoms with Crippen LogP contribution in [0.2, 0.25) is 0 Å². The fourth-order valence-electron chi connectivity index (χ4n) is 2.08. The zero-order valence-corrected chi connectivity index (χ0v) is 13.7. The number of rotatable bonds is 5. The van der Waals surface area contributed by atoms with Crippen LogP contribution in [0.1, 0.15) is 21.5 Å². The molecule has 1 amide bonds. The largest absolute Gasteiger partial charge is 0.378 e. The molecule has 0 aliphatic heterocycles. The van der Waals surface area contributed by atoms with Gasteiger partial charge in [0, 0.05) is 25.8 Å². The first-order valence-corrected chi connectivity index (χ1v) is 7.24. The highest BCUT2D eigenvalue weighted by atomic mass is 16.6. The highest BCUT2D eigenvalue weighted by molar-refractivity contribution is 5.98. The van der Waals surface area contributed by atoms with Crippen LogP contribution in [-0.2, 0) is 0 Å². The van der Waals surface area contributed by atoms with E-state index in [1.807, 2.05) is 43.3 Å². The number of carbonyl (C=O) groups is 1. The van der Waals surface area contributed by atoms with Gasteiger partial charge in [-0.15, -0.1) is 0 Å². The minimum Gasteiger partial charge on any atom is -0.378 e. The van der Waals surface area contributed by atoms with Gasteiger partial charge in [-0.05, 0) is 36.2 Å². The number of nitrogens with one attached hydrogen (secondary N) is 1. The van der Waals surface area contributed by atoms with Gasteiger partial charge in [-0.25, -0.2) is 5.43 Å². The van der Waals surface area contributed by atoms with Crippen LogP contribution in [0.15, 0.2) is 47.6 Å². The molecule has 0 bridgehead atoms. The molecule has 2 rings (SSSR count). The molecule has 24 heavy (non-hydrogen) atoms. The number of nitro groups is 1. The Morgan fingerprint density at radius 2 is 1.88 bits per heavy atom. The summed E-state index contributed by atoms with van der Waals surface area (Å²) in [5.41, 5.74) is 4.67. The van der Waals surface area contributed by atoms with E-state index in [1.54, 1.807) is 13.0 Å². The Hall–Kier alpha value is -3.22. The molecule has 1 N–H and O–H groups in total. The summed E-state index contributed by atoms with van der Waals surface area (Å²) in [6, 6.07) is 11.9. The van der Waals surface area contributed by atoms with Gasteiger partial charge in [-0.3, -0.25) is 14.9 Å². The highest BCUT2D eigenvalue weighted by Gasteiger charge is 2.19. The average Bonchev–Trinajstić information content (AvgIpc) is 2.54. The number of nitro benzene ring substituents is 1. The predicted molar refractivity (Wildman–Crippen MR) is 93.7 cm³/mol. The van der Waals surface area contributed by atoms with Gasteiger partial charge >= 0.3 is 0 Å². The van der Waals surface area contributed by atoms with E-state index in [4.69, 9.17) is 0 Å². The zero-order chi connectivity index (χ0) is 17.7. The van der Waals surface area contributed by atoms with Crippen molar-refractivity contribution in [1.82, 2.24) is 5.43 Å².